The van der Waals surface area contributed by atoms with Crippen molar-refractivity contribution in [3.8, 4) is 0 Å². The highest BCUT2D eigenvalue weighted by molar-refractivity contribution is 5.76. The molecule has 0 spiro atoms. The highest BCUT2D eigenvalue weighted by Gasteiger charge is 2.54. The molecule has 17 unspecified atom stereocenters. The Balaban J connectivity index is 1.30. The molecule has 19 nitrogen and oxygen atoms in total. The number of amides is 1. The molecule has 3 aliphatic rings. The Morgan fingerprint density at radius 3 is 0.855 bits per heavy atom. The molecule has 17 atom stereocenters. The van der Waals surface area contributed by atoms with Crippen LogP contribution in [0.4, 0.5) is 0 Å². The van der Waals surface area contributed by atoms with Crippen LogP contribution in [0.3, 0.4) is 0 Å². The molecule has 0 radical (unpaired) electrons. The third-order valence-electron chi connectivity index (χ3n) is 24.9. The van der Waals surface area contributed by atoms with Gasteiger partial charge in [0.2, 0.25) is 5.91 Å². The summed E-state index contributed by atoms with van der Waals surface area (Å²) in [6.07, 6.45) is 74.9. The molecule has 12 N–H and O–H groups in total. The Labute approximate surface area is 714 Å². The Kier molecular flexibility index (Phi) is 72.4. The lowest BCUT2D eigenvalue weighted by atomic mass is 9.96. The van der Waals surface area contributed by atoms with Gasteiger partial charge in [0.25, 0.3) is 0 Å². The highest BCUT2D eigenvalue weighted by Crippen LogP contribution is 2.34. The maximum atomic E-state index is 13.5. The van der Waals surface area contributed by atoms with Gasteiger partial charge < -0.3 is 89.9 Å². The number of carbonyl (C=O) groups excluding carboxylic acids is 1. The molecule has 0 bridgehead atoms. The van der Waals surface area contributed by atoms with Crippen molar-refractivity contribution in [3.63, 3.8) is 0 Å². The van der Waals surface area contributed by atoms with Gasteiger partial charge in [0.05, 0.1) is 38.6 Å². The predicted molar refractivity (Wildman–Crippen MR) is 476 cm³/mol. The molecule has 690 valence electrons. The van der Waals surface area contributed by atoms with E-state index in [0.29, 0.717) is 12.8 Å². The van der Waals surface area contributed by atoms with Gasteiger partial charge in [-0.2, -0.15) is 0 Å². The van der Waals surface area contributed by atoms with Crippen LogP contribution in [0.2, 0.25) is 0 Å². The van der Waals surface area contributed by atoms with Crippen molar-refractivity contribution >= 4 is 5.91 Å². The molecule has 19 heteroatoms. The minimum atomic E-state index is -1.98. The molecular weight excluding hydrogens is 1480 g/mol. The quantitative estimate of drug-likeness (QED) is 0.0199. The van der Waals surface area contributed by atoms with Crippen molar-refractivity contribution in [2.24, 2.45) is 0 Å². The summed E-state index contributed by atoms with van der Waals surface area (Å²) in [6, 6.07) is -0.998. The summed E-state index contributed by atoms with van der Waals surface area (Å²) in [5, 5.41) is 121. The number of hydrogen-bond acceptors (Lipinski definition) is 18. The molecule has 3 rings (SSSR count). The Morgan fingerprint density at radius 1 is 0.299 bits per heavy atom. The Hall–Kier alpha value is -1.99. The maximum Gasteiger partial charge on any atom is 0.220 e. The number of ether oxygens (including phenoxy) is 6. The van der Waals surface area contributed by atoms with Gasteiger partial charge in [-0.1, -0.05) is 436 Å². The van der Waals surface area contributed by atoms with Crippen molar-refractivity contribution in [1.29, 1.82) is 0 Å². The van der Waals surface area contributed by atoms with Crippen LogP contribution < -0.4 is 5.32 Å². The van der Waals surface area contributed by atoms with Crippen LogP contribution >= 0.6 is 0 Å². The van der Waals surface area contributed by atoms with Crippen LogP contribution in [0.15, 0.2) is 36.5 Å². The zero-order valence-electron chi connectivity index (χ0n) is 75.0. The fraction of sp³-hybridized carbons (Fsp3) is 0.929. The summed E-state index contributed by atoms with van der Waals surface area (Å²) in [6.45, 7) is 1.79. The van der Waals surface area contributed by atoms with Crippen LogP contribution in [0.5, 0.6) is 0 Å². The van der Waals surface area contributed by atoms with Gasteiger partial charge in [-0.05, 0) is 44.9 Å². The lowest BCUT2D eigenvalue weighted by Gasteiger charge is -2.48. The monoisotopic (exact) mass is 1660 g/mol. The second kappa shape index (κ2) is 77.6. The Morgan fingerprint density at radius 2 is 0.547 bits per heavy atom. The van der Waals surface area contributed by atoms with E-state index in [1.54, 1.807) is 6.08 Å². The van der Waals surface area contributed by atoms with Crippen molar-refractivity contribution < 1.29 is 89.4 Å². The average molecular weight is 1670 g/mol. The van der Waals surface area contributed by atoms with Crippen molar-refractivity contribution in [2.45, 2.75) is 555 Å². The van der Waals surface area contributed by atoms with Crippen molar-refractivity contribution in [2.75, 3.05) is 26.4 Å². The maximum absolute atomic E-state index is 13.5. The van der Waals surface area contributed by atoms with Crippen LogP contribution in [0.1, 0.15) is 450 Å². The minimum Gasteiger partial charge on any atom is -0.394 e. The highest BCUT2D eigenvalue weighted by atomic mass is 16.8. The van der Waals surface area contributed by atoms with E-state index in [4.69, 9.17) is 28.4 Å². The summed E-state index contributed by atoms with van der Waals surface area (Å²) in [5.74, 6) is -0.280. The summed E-state index contributed by atoms with van der Waals surface area (Å²) in [4.78, 5) is 13.5. The van der Waals surface area contributed by atoms with E-state index < -0.39 is 124 Å². The van der Waals surface area contributed by atoms with Gasteiger partial charge >= 0.3 is 0 Å². The summed E-state index contributed by atoms with van der Waals surface area (Å²) < 4.78 is 34.5. The van der Waals surface area contributed by atoms with E-state index in [1.165, 1.54) is 372 Å². The fourth-order valence-electron chi connectivity index (χ4n) is 17.1. The van der Waals surface area contributed by atoms with Gasteiger partial charge in [-0.3, -0.25) is 4.79 Å². The summed E-state index contributed by atoms with van der Waals surface area (Å²) in [7, 11) is 0. The topological polar surface area (TPSA) is 307 Å². The molecule has 0 aromatic heterocycles. The van der Waals surface area contributed by atoms with Crippen molar-refractivity contribution in [3.05, 3.63) is 36.5 Å². The molecule has 1 amide bonds. The first-order valence-corrected chi connectivity index (χ1v) is 49.7. The van der Waals surface area contributed by atoms with Gasteiger partial charge in [-0.15, -0.1) is 0 Å². The van der Waals surface area contributed by atoms with Crippen LogP contribution in [-0.4, -0.2) is 193 Å². The van der Waals surface area contributed by atoms with E-state index in [0.717, 1.165) is 44.9 Å². The largest absolute Gasteiger partial charge is 0.394 e. The molecule has 3 aliphatic heterocycles. The average Bonchev–Trinajstić information content (AvgIpc) is 0.778. The lowest BCUT2D eigenvalue weighted by molar-refractivity contribution is -0.379. The number of nitrogens with one attached hydrogen (secondary N) is 1. The van der Waals surface area contributed by atoms with E-state index in [2.05, 4.69) is 43.5 Å². The smallest absolute Gasteiger partial charge is 0.220 e. The first-order valence-electron chi connectivity index (χ1n) is 49.7. The number of aliphatic hydroxyl groups excluding tert-OH is 11. The molecule has 0 aromatic rings. The molecule has 0 aliphatic carbocycles. The molecule has 0 aromatic carbocycles. The summed E-state index contributed by atoms with van der Waals surface area (Å²) >= 11 is 0. The van der Waals surface area contributed by atoms with Crippen LogP contribution in [-0.2, 0) is 33.2 Å². The number of carbonyl (C=O) groups is 1. The third-order valence-corrected chi connectivity index (χ3v) is 24.9. The fourth-order valence-corrected chi connectivity index (χ4v) is 17.1. The van der Waals surface area contributed by atoms with E-state index >= 15 is 0 Å². The second-order valence-electron chi connectivity index (χ2n) is 35.6. The van der Waals surface area contributed by atoms with E-state index in [-0.39, 0.29) is 18.9 Å². The number of allylic oxidation sites excluding steroid dienone is 5. The normalized spacial score (nSPS) is 24.5. The number of hydrogen-bond donors (Lipinski definition) is 12. The van der Waals surface area contributed by atoms with Crippen LogP contribution in [0.25, 0.3) is 0 Å². The SMILES string of the molecule is CCCCCCCCCCCCCCCCCCCCCCCCC/C=C/CC/C=C/CC/C=C/C(O)C(COC1OC(CO)C(OC2OC(CO)C(OC3OC(CO)C(O)C(O)C3O)C(O)C2O)C(O)C1O)NC(=O)CCCCCCCCCCCCCCCCCCCCCCCCCCCCCCCCCCCCCCCCC. The van der Waals surface area contributed by atoms with Gasteiger partial charge in [0.15, 0.2) is 18.9 Å². The summed E-state index contributed by atoms with van der Waals surface area (Å²) in [5.41, 5.74) is 0. The zero-order chi connectivity index (χ0) is 84.5. The Bertz CT molecular complexity index is 2240. The van der Waals surface area contributed by atoms with Crippen LogP contribution in [0, 0.1) is 0 Å². The third kappa shape index (κ3) is 55.2. The molecule has 3 heterocycles. The number of rotatable bonds is 83. The molecule has 117 heavy (non-hydrogen) atoms. The van der Waals surface area contributed by atoms with Crippen molar-refractivity contribution in [1.82, 2.24) is 5.32 Å². The zero-order valence-corrected chi connectivity index (χ0v) is 75.0. The molecule has 3 fully saturated rings. The second-order valence-corrected chi connectivity index (χ2v) is 35.6. The van der Waals surface area contributed by atoms with E-state index in [9.17, 15) is 61.0 Å². The predicted octanol–water partition coefficient (Wildman–Crippen LogP) is 20.5. The first kappa shape index (κ1) is 109. The number of unbranched alkanes of at least 4 members (excludes halogenated alkanes) is 63. The molecular formula is C98H185NO18. The van der Waals surface area contributed by atoms with Gasteiger partial charge in [0, 0.05) is 6.42 Å². The first-order chi connectivity index (χ1) is 57.3. The van der Waals surface area contributed by atoms with E-state index in [1.807, 2.05) is 6.08 Å². The molecule has 0 saturated carbocycles. The minimum absolute atomic E-state index is 0.237. The standard InChI is InChI=1S/C98H185NO18/c1-3-5-7-9-11-13-15-17-19-21-23-25-27-29-31-33-35-37-38-39-40-41-42-44-46-48-50-52-54-56-58-60-62-64-66-68-70-72-74-76-86(104)99-81(82(103)75-73-71-69-67-65-63-61-59-57-55-53-51-49-47-45-43-36-34-32-30-28-26-24-22-20-18-16-14-12-10-8-6-4-2)80-112-96-92(110)89(107)94(84(78-101)114-96)117-98-93(111)90(108)95(85(79-102)115-98)116-97-91(109)88(106)87(105)83(77-100)113-97/h57,59,65,67,73,75,81-85,87-98,100-103,105-111H,3-56,58,60-64,66,68-72,74,76-80H2,1-2H3,(H,99,104)/b59-57+,67-65+,75-73+. The van der Waals surface area contributed by atoms with Gasteiger partial charge in [-0.25, -0.2) is 0 Å². The molecule has 3 saturated heterocycles. The van der Waals surface area contributed by atoms with Gasteiger partial charge in [0.1, 0.15) is 73.2 Å². The number of aliphatic hydroxyl groups is 11. The lowest BCUT2D eigenvalue weighted by Crippen LogP contribution is -2.66.